The number of hydrogen-bond donors (Lipinski definition) is 2. The Morgan fingerprint density at radius 3 is 2.67 bits per heavy atom. The molecule has 1 atom stereocenters. The van der Waals surface area contributed by atoms with Gasteiger partial charge in [-0.05, 0) is 18.2 Å². The van der Waals surface area contributed by atoms with Crippen LogP contribution >= 0.6 is 15.9 Å². The van der Waals surface area contributed by atoms with Crippen LogP contribution < -0.4 is 11.1 Å². The normalized spacial score (nSPS) is 19.4. The van der Waals surface area contributed by atoms with E-state index in [1.54, 1.807) is 18.2 Å². The first kappa shape index (κ1) is 12.9. The Morgan fingerprint density at radius 2 is 2.06 bits per heavy atom. The van der Waals surface area contributed by atoms with Crippen molar-refractivity contribution in [3.8, 4) is 0 Å². The van der Waals surface area contributed by atoms with Gasteiger partial charge in [-0.3, -0.25) is 9.59 Å². The summed E-state index contributed by atoms with van der Waals surface area (Å²) in [5, 5.41) is 2.61. The van der Waals surface area contributed by atoms with E-state index >= 15 is 0 Å². The third-order valence-electron chi connectivity index (χ3n) is 2.62. The van der Waals surface area contributed by atoms with Crippen molar-refractivity contribution in [1.29, 1.82) is 0 Å². The van der Waals surface area contributed by atoms with Gasteiger partial charge in [0.05, 0.1) is 0 Å². The molecule has 0 spiro atoms. The van der Waals surface area contributed by atoms with E-state index < -0.39 is 11.8 Å². The third kappa shape index (κ3) is 2.49. The number of rotatable bonds is 3. The number of benzene rings is 1. The number of amidine groups is 1. The maximum Gasteiger partial charge on any atom is 0.264 e. The van der Waals surface area contributed by atoms with Crippen LogP contribution in [0, 0.1) is 0 Å². The predicted molar refractivity (Wildman–Crippen MR) is 71.1 cm³/mol. The molecular formula is C12H12BrN3O2. The SMILES string of the molecule is NCCC1=NC(=O)C(c2ccccc2Br)C(=O)N1. The van der Waals surface area contributed by atoms with Gasteiger partial charge in [-0.15, -0.1) is 0 Å². The smallest absolute Gasteiger partial charge is 0.264 e. The van der Waals surface area contributed by atoms with E-state index in [0.29, 0.717) is 24.4 Å². The van der Waals surface area contributed by atoms with Gasteiger partial charge in [-0.1, -0.05) is 34.1 Å². The molecule has 3 N–H and O–H groups in total. The molecule has 2 rings (SSSR count). The van der Waals surface area contributed by atoms with Crippen molar-refractivity contribution in [1.82, 2.24) is 5.32 Å². The average molecular weight is 310 g/mol. The maximum absolute atomic E-state index is 12.0. The van der Waals surface area contributed by atoms with Gasteiger partial charge in [0.25, 0.3) is 5.91 Å². The molecule has 1 unspecified atom stereocenters. The number of halogens is 1. The van der Waals surface area contributed by atoms with Gasteiger partial charge in [-0.25, -0.2) is 0 Å². The van der Waals surface area contributed by atoms with Crippen LogP contribution in [-0.4, -0.2) is 24.2 Å². The van der Waals surface area contributed by atoms with Crippen molar-refractivity contribution < 1.29 is 9.59 Å². The molecule has 0 saturated carbocycles. The second-order valence-electron chi connectivity index (χ2n) is 3.88. The van der Waals surface area contributed by atoms with Crippen molar-refractivity contribution in [2.75, 3.05) is 6.54 Å². The van der Waals surface area contributed by atoms with E-state index in [9.17, 15) is 9.59 Å². The van der Waals surface area contributed by atoms with Crippen molar-refractivity contribution in [2.45, 2.75) is 12.3 Å². The zero-order valence-corrected chi connectivity index (χ0v) is 11.1. The van der Waals surface area contributed by atoms with Crippen LogP contribution in [0.2, 0.25) is 0 Å². The van der Waals surface area contributed by atoms with Crippen molar-refractivity contribution in [3.05, 3.63) is 34.3 Å². The van der Waals surface area contributed by atoms with Gasteiger partial charge >= 0.3 is 0 Å². The van der Waals surface area contributed by atoms with Crippen LogP contribution in [0.25, 0.3) is 0 Å². The zero-order chi connectivity index (χ0) is 13.1. The monoisotopic (exact) mass is 309 g/mol. The molecule has 0 radical (unpaired) electrons. The van der Waals surface area contributed by atoms with Gasteiger partial charge in [0.1, 0.15) is 11.8 Å². The lowest BCUT2D eigenvalue weighted by Gasteiger charge is -2.20. The minimum absolute atomic E-state index is 0.339. The molecule has 0 saturated heterocycles. The number of carbonyl (C=O) groups is 2. The first-order valence-corrected chi connectivity index (χ1v) is 6.29. The molecular weight excluding hydrogens is 298 g/mol. The highest BCUT2D eigenvalue weighted by Gasteiger charge is 2.34. The van der Waals surface area contributed by atoms with E-state index in [1.807, 2.05) is 6.07 Å². The molecule has 1 heterocycles. The summed E-state index contributed by atoms with van der Waals surface area (Å²) in [4.78, 5) is 27.8. The van der Waals surface area contributed by atoms with Crippen molar-refractivity contribution >= 4 is 33.6 Å². The van der Waals surface area contributed by atoms with Crippen LogP contribution in [0.4, 0.5) is 0 Å². The fourth-order valence-corrected chi connectivity index (χ4v) is 2.30. The number of nitrogens with two attached hydrogens (primary N) is 1. The minimum Gasteiger partial charge on any atom is -0.330 e. The molecule has 2 amide bonds. The van der Waals surface area contributed by atoms with E-state index in [4.69, 9.17) is 5.73 Å². The lowest BCUT2D eigenvalue weighted by molar-refractivity contribution is -0.129. The van der Waals surface area contributed by atoms with Crippen LogP contribution in [0.3, 0.4) is 0 Å². The Labute approximate surface area is 113 Å². The van der Waals surface area contributed by atoms with Gasteiger partial charge in [-0.2, -0.15) is 4.99 Å². The van der Waals surface area contributed by atoms with Gasteiger partial charge in [0.15, 0.2) is 0 Å². The fraction of sp³-hybridized carbons (Fsp3) is 0.250. The summed E-state index contributed by atoms with van der Waals surface area (Å²) in [6.07, 6.45) is 0.389. The highest BCUT2D eigenvalue weighted by atomic mass is 79.9. The molecule has 0 aromatic heterocycles. The lowest BCUT2D eigenvalue weighted by atomic mass is 9.96. The van der Waals surface area contributed by atoms with E-state index in [0.717, 1.165) is 4.47 Å². The zero-order valence-electron chi connectivity index (χ0n) is 9.52. The van der Waals surface area contributed by atoms with Gasteiger partial charge < -0.3 is 11.1 Å². The maximum atomic E-state index is 12.0. The Kier molecular flexibility index (Phi) is 3.88. The molecule has 1 aliphatic rings. The number of aliphatic imine (C=N–C) groups is 1. The van der Waals surface area contributed by atoms with Crippen LogP contribution in [0.5, 0.6) is 0 Å². The minimum atomic E-state index is -0.887. The standard InChI is InChI=1S/C12H12BrN3O2/c13-8-4-2-1-3-7(8)10-11(17)15-9(5-6-14)16-12(10)18/h1-4,10H,5-6,14H2,(H,15,16,17,18). The van der Waals surface area contributed by atoms with E-state index in [1.165, 1.54) is 0 Å². The lowest BCUT2D eigenvalue weighted by Crippen LogP contribution is -2.43. The number of amides is 2. The third-order valence-corrected chi connectivity index (χ3v) is 3.34. The highest BCUT2D eigenvalue weighted by molar-refractivity contribution is 9.10. The summed E-state index contributed by atoms with van der Waals surface area (Å²) in [6, 6.07) is 7.12. The van der Waals surface area contributed by atoms with Crippen LogP contribution in [-0.2, 0) is 9.59 Å². The molecule has 1 aromatic carbocycles. The molecule has 0 fully saturated rings. The summed E-state index contributed by atoms with van der Waals surface area (Å²) in [7, 11) is 0. The molecule has 6 heteroatoms. The number of hydrogen-bond acceptors (Lipinski definition) is 3. The Bertz CT molecular complexity index is 528. The number of nitrogens with one attached hydrogen (secondary N) is 1. The average Bonchev–Trinajstić information content (AvgIpc) is 2.31. The summed E-state index contributed by atoms with van der Waals surface area (Å²) in [5.74, 6) is -1.35. The highest BCUT2D eigenvalue weighted by Crippen LogP contribution is 2.27. The largest absolute Gasteiger partial charge is 0.330 e. The first-order chi connectivity index (χ1) is 8.63. The van der Waals surface area contributed by atoms with Crippen LogP contribution in [0.1, 0.15) is 17.9 Å². The van der Waals surface area contributed by atoms with Gasteiger partial charge in [0.2, 0.25) is 5.91 Å². The Hall–Kier alpha value is -1.53. The molecule has 1 aromatic rings. The predicted octanol–water partition coefficient (Wildman–Crippen LogP) is 0.936. The molecule has 1 aliphatic heterocycles. The molecule has 0 aliphatic carbocycles. The second kappa shape index (κ2) is 5.41. The van der Waals surface area contributed by atoms with Crippen molar-refractivity contribution in [3.63, 3.8) is 0 Å². The summed E-state index contributed by atoms with van der Waals surface area (Å²) >= 11 is 3.33. The van der Waals surface area contributed by atoms with Crippen molar-refractivity contribution in [2.24, 2.45) is 10.7 Å². The Morgan fingerprint density at radius 1 is 1.33 bits per heavy atom. The van der Waals surface area contributed by atoms with E-state index in [-0.39, 0.29) is 5.91 Å². The molecule has 94 valence electrons. The number of nitrogens with zero attached hydrogens (tertiary/aromatic N) is 1. The first-order valence-electron chi connectivity index (χ1n) is 5.50. The fourth-order valence-electron chi connectivity index (χ4n) is 1.79. The van der Waals surface area contributed by atoms with Crippen LogP contribution in [0.15, 0.2) is 33.7 Å². The molecule has 0 bridgehead atoms. The summed E-state index contributed by atoms with van der Waals surface area (Å²) < 4.78 is 0.718. The molecule has 18 heavy (non-hydrogen) atoms. The van der Waals surface area contributed by atoms with Gasteiger partial charge in [0, 0.05) is 10.9 Å². The summed E-state index contributed by atoms with van der Waals surface area (Å²) in [6.45, 7) is 0.339. The second-order valence-corrected chi connectivity index (χ2v) is 4.73. The molecule has 5 nitrogen and oxygen atoms in total. The Balaban J connectivity index is 2.34. The van der Waals surface area contributed by atoms with E-state index in [2.05, 4.69) is 26.2 Å². The summed E-state index contributed by atoms with van der Waals surface area (Å²) in [5.41, 5.74) is 5.99. The number of carbonyl (C=O) groups excluding carboxylic acids is 2. The topological polar surface area (TPSA) is 84.5 Å². The quantitative estimate of drug-likeness (QED) is 0.815.